The third-order valence-electron chi connectivity index (χ3n) is 3.70. The maximum Gasteiger partial charge on any atom is 0.303 e. The molecule has 108 valence electrons. The van der Waals surface area contributed by atoms with Gasteiger partial charge in [-0.2, -0.15) is 0 Å². The van der Waals surface area contributed by atoms with Crippen LogP contribution < -0.4 is 0 Å². The molecule has 2 nitrogen and oxygen atoms in total. The van der Waals surface area contributed by atoms with Gasteiger partial charge < -0.3 is 5.11 Å². The molecule has 0 aliphatic heterocycles. The number of unbranched alkanes of at least 4 members (excludes halogenated alkanes) is 6. The van der Waals surface area contributed by atoms with Crippen LogP contribution in [0.2, 0.25) is 0 Å². The SMILES string of the molecule is CCCCCCCC(CCCCC)CCC(=O)O. The van der Waals surface area contributed by atoms with Gasteiger partial charge in [0.2, 0.25) is 0 Å². The van der Waals surface area contributed by atoms with E-state index in [1.807, 2.05) is 0 Å². The highest BCUT2D eigenvalue weighted by Gasteiger charge is 2.10. The number of hydrogen-bond donors (Lipinski definition) is 1. The van der Waals surface area contributed by atoms with Gasteiger partial charge in [-0.15, -0.1) is 0 Å². The average Bonchev–Trinajstić information content (AvgIpc) is 2.35. The van der Waals surface area contributed by atoms with Gasteiger partial charge in [-0.25, -0.2) is 0 Å². The van der Waals surface area contributed by atoms with Gasteiger partial charge >= 0.3 is 5.97 Å². The zero-order valence-corrected chi connectivity index (χ0v) is 12.4. The Morgan fingerprint density at radius 2 is 1.33 bits per heavy atom. The van der Waals surface area contributed by atoms with Crippen molar-refractivity contribution in [3.8, 4) is 0 Å². The van der Waals surface area contributed by atoms with Gasteiger partial charge in [0.05, 0.1) is 0 Å². The molecule has 0 bridgehead atoms. The molecule has 0 fully saturated rings. The Hall–Kier alpha value is -0.530. The van der Waals surface area contributed by atoms with E-state index in [4.69, 9.17) is 5.11 Å². The lowest BCUT2D eigenvalue weighted by Crippen LogP contribution is -2.05. The molecule has 0 aliphatic carbocycles. The largest absolute Gasteiger partial charge is 0.481 e. The van der Waals surface area contributed by atoms with Crippen molar-refractivity contribution in [1.82, 2.24) is 0 Å². The third kappa shape index (κ3) is 11.9. The highest BCUT2D eigenvalue weighted by molar-refractivity contribution is 5.66. The molecule has 1 N–H and O–H groups in total. The van der Waals surface area contributed by atoms with Crippen molar-refractivity contribution in [2.24, 2.45) is 5.92 Å². The molecular formula is C16H32O2. The van der Waals surface area contributed by atoms with Gasteiger partial charge in [0.25, 0.3) is 0 Å². The van der Waals surface area contributed by atoms with Crippen molar-refractivity contribution in [3.63, 3.8) is 0 Å². The van der Waals surface area contributed by atoms with Gasteiger partial charge in [-0.05, 0) is 12.3 Å². The summed E-state index contributed by atoms with van der Waals surface area (Å²) in [7, 11) is 0. The first-order valence-electron chi connectivity index (χ1n) is 7.92. The molecule has 2 heteroatoms. The molecule has 0 heterocycles. The molecule has 0 spiro atoms. The summed E-state index contributed by atoms with van der Waals surface area (Å²) < 4.78 is 0. The second-order valence-electron chi connectivity index (χ2n) is 5.50. The van der Waals surface area contributed by atoms with Crippen LogP contribution in [-0.2, 0) is 4.79 Å². The van der Waals surface area contributed by atoms with Crippen molar-refractivity contribution >= 4 is 5.97 Å². The minimum Gasteiger partial charge on any atom is -0.481 e. The highest BCUT2D eigenvalue weighted by atomic mass is 16.4. The maximum absolute atomic E-state index is 10.6. The third-order valence-corrected chi connectivity index (χ3v) is 3.70. The Bertz CT molecular complexity index is 190. The van der Waals surface area contributed by atoms with E-state index in [0.717, 1.165) is 6.42 Å². The lowest BCUT2D eigenvalue weighted by atomic mass is 9.91. The summed E-state index contributed by atoms with van der Waals surface area (Å²) >= 11 is 0. The number of aliphatic carboxylic acids is 1. The molecule has 1 atom stereocenters. The van der Waals surface area contributed by atoms with E-state index in [9.17, 15) is 4.79 Å². The summed E-state index contributed by atoms with van der Waals surface area (Å²) in [4.78, 5) is 10.6. The zero-order chi connectivity index (χ0) is 13.6. The fourth-order valence-corrected chi connectivity index (χ4v) is 2.48. The van der Waals surface area contributed by atoms with E-state index in [1.54, 1.807) is 0 Å². The first-order valence-corrected chi connectivity index (χ1v) is 7.92. The van der Waals surface area contributed by atoms with Crippen molar-refractivity contribution in [2.45, 2.75) is 90.9 Å². The minimum absolute atomic E-state index is 0.353. The fourth-order valence-electron chi connectivity index (χ4n) is 2.48. The van der Waals surface area contributed by atoms with Crippen molar-refractivity contribution in [2.75, 3.05) is 0 Å². The van der Waals surface area contributed by atoms with E-state index in [-0.39, 0.29) is 0 Å². The van der Waals surface area contributed by atoms with E-state index < -0.39 is 5.97 Å². The predicted molar refractivity (Wildman–Crippen MR) is 77.9 cm³/mol. The Morgan fingerprint density at radius 1 is 0.833 bits per heavy atom. The quantitative estimate of drug-likeness (QED) is 0.447. The Kier molecular flexibility index (Phi) is 12.5. The number of hydrogen-bond acceptors (Lipinski definition) is 1. The summed E-state index contributed by atoms with van der Waals surface area (Å²) in [6, 6.07) is 0. The summed E-state index contributed by atoms with van der Waals surface area (Å²) in [6.07, 6.45) is 14.1. The zero-order valence-electron chi connectivity index (χ0n) is 12.4. The van der Waals surface area contributed by atoms with Gasteiger partial charge in [-0.3, -0.25) is 4.79 Å². The van der Waals surface area contributed by atoms with E-state index in [2.05, 4.69) is 13.8 Å². The standard InChI is InChI=1S/C16H32O2/c1-3-5-7-8-10-12-15(11-9-6-4-2)13-14-16(17)18/h15H,3-14H2,1-2H3,(H,17,18). The van der Waals surface area contributed by atoms with Crippen LogP contribution in [0, 0.1) is 5.92 Å². The molecule has 1 unspecified atom stereocenters. The van der Waals surface area contributed by atoms with Gasteiger partial charge in [0, 0.05) is 6.42 Å². The second-order valence-corrected chi connectivity index (χ2v) is 5.50. The molecule has 18 heavy (non-hydrogen) atoms. The normalized spacial score (nSPS) is 12.6. The molecule has 0 aromatic heterocycles. The van der Waals surface area contributed by atoms with Gasteiger partial charge in [0.15, 0.2) is 0 Å². The van der Waals surface area contributed by atoms with E-state index in [0.29, 0.717) is 12.3 Å². The van der Waals surface area contributed by atoms with Crippen LogP contribution >= 0.6 is 0 Å². The van der Waals surface area contributed by atoms with Crippen molar-refractivity contribution < 1.29 is 9.90 Å². The Labute approximate surface area is 113 Å². The summed E-state index contributed by atoms with van der Waals surface area (Å²) in [5.41, 5.74) is 0. The molecule has 0 aromatic rings. The number of carboxylic acid groups (broad SMARTS) is 1. The first-order chi connectivity index (χ1) is 8.70. The van der Waals surface area contributed by atoms with Crippen LogP contribution in [0.5, 0.6) is 0 Å². The van der Waals surface area contributed by atoms with Crippen LogP contribution in [-0.4, -0.2) is 11.1 Å². The molecule has 0 saturated carbocycles. The lowest BCUT2D eigenvalue weighted by molar-refractivity contribution is -0.137. The summed E-state index contributed by atoms with van der Waals surface area (Å²) in [5.74, 6) is 0.00995. The minimum atomic E-state index is -0.638. The summed E-state index contributed by atoms with van der Waals surface area (Å²) in [5, 5.41) is 8.78. The average molecular weight is 256 g/mol. The number of carbonyl (C=O) groups is 1. The first kappa shape index (κ1) is 17.5. The van der Waals surface area contributed by atoms with Crippen LogP contribution in [0.1, 0.15) is 90.9 Å². The monoisotopic (exact) mass is 256 g/mol. The van der Waals surface area contributed by atoms with Crippen molar-refractivity contribution in [3.05, 3.63) is 0 Å². The molecule has 0 amide bonds. The molecular weight excluding hydrogens is 224 g/mol. The Morgan fingerprint density at radius 3 is 1.89 bits per heavy atom. The molecule has 0 saturated heterocycles. The van der Waals surface area contributed by atoms with Crippen molar-refractivity contribution in [1.29, 1.82) is 0 Å². The van der Waals surface area contributed by atoms with Crippen LogP contribution in [0.15, 0.2) is 0 Å². The second kappa shape index (κ2) is 12.9. The van der Waals surface area contributed by atoms with E-state index >= 15 is 0 Å². The lowest BCUT2D eigenvalue weighted by Gasteiger charge is -2.15. The smallest absolute Gasteiger partial charge is 0.303 e. The predicted octanol–water partition coefficient (Wildman–Crippen LogP) is 5.41. The Balaban J connectivity index is 3.70. The number of carboxylic acids is 1. The molecule has 0 aromatic carbocycles. The van der Waals surface area contributed by atoms with Gasteiger partial charge in [0.1, 0.15) is 0 Å². The molecule has 0 aliphatic rings. The van der Waals surface area contributed by atoms with Crippen LogP contribution in [0.3, 0.4) is 0 Å². The maximum atomic E-state index is 10.6. The fraction of sp³-hybridized carbons (Fsp3) is 0.938. The molecule has 0 rings (SSSR count). The number of rotatable bonds is 13. The van der Waals surface area contributed by atoms with Gasteiger partial charge in [-0.1, -0.05) is 78.1 Å². The summed E-state index contributed by atoms with van der Waals surface area (Å²) in [6.45, 7) is 4.46. The van der Waals surface area contributed by atoms with Crippen LogP contribution in [0.25, 0.3) is 0 Å². The van der Waals surface area contributed by atoms with Crippen LogP contribution in [0.4, 0.5) is 0 Å². The topological polar surface area (TPSA) is 37.3 Å². The molecule has 0 radical (unpaired) electrons. The highest BCUT2D eigenvalue weighted by Crippen LogP contribution is 2.22. The van der Waals surface area contributed by atoms with E-state index in [1.165, 1.54) is 64.2 Å².